The lowest BCUT2D eigenvalue weighted by Gasteiger charge is -2.22. The summed E-state index contributed by atoms with van der Waals surface area (Å²) in [6, 6.07) is 38.1. The molecule has 0 aromatic heterocycles. The van der Waals surface area contributed by atoms with Crippen LogP contribution in [0.1, 0.15) is 57.5 Å². The van der Waals surface area contributed by atoms with Crippen molar-refractivity contribution in [1.82, 2.24) is 10.1 Å². The molecule has 0 amide bonds. The van der Waals surface area contributed by atoms with Gasteiger partial charge in [-0.2, -0.15) is 0 Å². The maximum Gasteiger partial charge on any atom is 0.357 e. The van der Waals surface area contributed by atoms with Crippen LogP contribution < -0.4 is 0 Å². The fourth-order valence-corrected chi connectivity index (χ4v) is 4.31. The first-order valence-electron chi connectivity index (χ1n) is 13.8. The van der Waals surface area contributed by atoms with E-state index in [-0.39, 0.29) is 11.9 Å². The zero-order valence-corrected chi connectivity index (χ0v) is 22.7. The summed E-state index contributed by atoms with van der Waals surface area (Å²) in [5, 5.41) is 3.49. The molecule has 0 aliphatic rings. The minimum Gasteiger partial charge on any atom is -0.364 e. The predicted octanol–water partition coefficient (Wildman–Crippen LogP) is 7.10. The first-order chi connectivity index (χ1) is 19.7. The van der Waals surface area contributed by atoms with E-state index in [1.807, 2.05) is 97.1 Å². The number of benzene rings is 4. The van der Waals surface area contributed by atoms with E-state index in [0.717, 1.165) is 36.8 Å². The van der Waals surface area contributed by atoms with Crippen molar-refractivity contribution in [3.05, 3.63) is 144 Å². The van der Waals surface area contributed by atoms with E-state index in [4.69, 9.17) is 9.68 Å². The Labute approximate surface area is 236 Å². The van der Waals surface area contributed by atoms with Crippen LogP contribution in [0.15, 0.2) is 121 Å². The number of hydrogen-bond acceptors (Lipinski definition) is 6. The van der Waals surface area contributed by atoms with Crippen molar-refractivity contribution >= 4 is 11.9 Å². The van der Waals surface area contributed by atoms with E-state index in [1.165, 1.54) is 0 Å². The molecule has 206 valence electrons. The highest BCUT2D eigenvalue weighted by molar-refractivity contribution is 5.89. The molecule has 0 radical (unpaired) electrons. The lowest BCUT2D eigenvalue weighted by molar-refractivity contribution is -0.119. The summed E-state index contributed by atoms with van der Waals surface area (Å²) in [6.07, 6.45) is 3.66. The standard InChI is InChI=1S/C34H36N2O4/c37-33(31-21-11-5-12-22-31)39-35(27-29-17-7-3-8-18-29)25-15-1-2-16-26-36(28-30-19-9-4-10-20-30)40-34(38)32-23-13-6-14-24-32/h3-14,17-24H,1-2,15-16,25-28H2. The molecule has 0 saturated heterocycles. The Morgan fingerprint density at radius 3 is 1.12 bits per heavy atom. The molecular formula is C34H36N2O4. The van der Waals surface area contributed by atoms with Crippen LogP contribution in [-0.4, -0.2) is 35.2 Å². The number of carbonyl (C=O) groups is 2. The summed E-state index contributed by atoms with van der Waals surface area (Å²) in [7, 11) is 0. The van der Waals surface area contributed by atoms with Gasteiger partial charge >= 0.3 is 11.9 Å². The highest BCUT2D eigenvalue weighted by atomic mass is 16.7. The Balaban J connectivity index is 1.26. The number of hydroxylamine groups is 4. The van der Waals surface area contributed by atoms with Crippen molar-refractivity contribution in [2.75, 3.05) is 13.1 Å². The molecule has 4 aromatic carbocycles. The average Bonchev–Trinajstić information content (AvgIpc) is 3.00. The van der Waals surface area contributed by atoms with Gasteiger partial charge in [-0.25, -0.2) is 9.59 Å². The highest BCUT2D eigenvalue weighted by Gasteiger charge is 2.16. The number of nitrogens with zero attached hydrogens (tertiary/aromatic N) is 2. The van der Waals surface area contributed by atoms with E-state index in [0.29, 0.717) is 37.3 Å². The zero-order valence-electron chi connectivity index (χ0n) is 22.7. The predicted molar refractivity (Wildman–Crippen MR) is 156 cm³/mol. The molecule has 0 spiro atoms. The van der Waals surface area contributed by atoms with Crippen molar-refractivity contribution < 1.29 is 19.3 Å². The third-order valence-electron chi connectivity index (χ3n) is 6.41. The van der Waals surface area contributed by atoms with E-state index < -0.39 is 0 Å². The fraction of sp³-hybridized carbons (Fsp3) is 0.235. The van der Waals surface area contributed by atoms with Crippen molar-refractivity contribution in [1.29, 1.82) is 0 Å². The molecule has 0 aliphatic carbocycles. The fourth-order valence-electron chi connectivity index (χ4n) is 4.31. The van der Waals surface area contributed by atoms with E-state index >= 15 is 0 Å². The second kappa shape index (κ2) is 16.0. The van der Waals surface area contributed by atoms with Crippen LogP contribution in [0.25, 0.3) is 0 Å². The molecule has 0 saturated carbocycles. The van der Waals surface area contributed by atoms with Gasteiger partial charge in [0.05, 0.1) is 24.2 Å². The summed E-state index contributed by atoms with van der Waals surface area (Å²) < 4.78 is 0. The van der Waals surface area contributed by atoms with Gasteiger partial charge in [0.2, 0.25) is 0 Å². The number of rotatable bonds is 15. The first kappa shape index (κ1) is 28.7. The average molecular weight is 537 g/mol. The quantitative estimate of drug-likeness (QED) is 0.119. The Morgan fingerprint density at radius 2 is 0.775 bits per heavy atom. The summed E-state index contributed by atoms with van der Waals surface area (Å²) in [6.45, 7) is 2.31. The zero-order chi connectivity index (χ0) is 27.8. The van der Waals surface area contributed by atoms with Crippen LogP contribution in [0, 0.1) is 0 Å². The topological polar surface area (TPSA) is 59.1 Å². The van der Waals surface area contributed by atoms with Gasteiger partial charge in [0.1, 0.15) is 0 Å². The van der Waals surface area contributed by atoms with Crippen LogP contribution in [0.5, 0.6) is 0 Å². The van der Waals surface area contributed by atoms with Gasteiger partial charge in [0, 0.05) is 13.1 Å². The van der Waals surface area contributed by atoms with Crippen LogP contribution in [-0.2, 0) is 22.8 Å². The Hall–Kier alpha value is -4.26. The first-order valence-corrected chi connectivity index (χ1v) is 13.8. The van der Waals surface area contributed by atoms with Gasteiger partial charge in [0.25, 0.3) is 0 Å². The summed E-state index contributed by atoms with van der Waals surface area (Å²) >= 11 is 0. The lowest BCUT2D eigenvalue weighted by Crippen LogP contribution is -2.29. The maximum atomic E-state index is 12.7. The molecule has 6 heteroatoms. The molecule has 0 aliphatic heterocycles. The van der Waals surface area contributed by atoms with Gasteiger partial charge in [-0.05, 0) is 48.2 Å². The summed E-state index contributed by atoms with van der Waals surface area (Å²) in [4.78, 5) is 36.9. The van der Waals surface area contributed by atoms with Crippen molar-refractivity contribution in [3.8, 4) is 0 Å². The van der Waals surface area contributed by atoms with Gasteiger partial charge < -0.3 is 9.68 Å². The Morgan fingerprint density at radius 1 is 0.450 bits per heavy atom. The van der Waals surface area contributed by atoms with Crippen LogP contribution in [0.4, 0.5) is 0 Å². The normalized spacial score (nSPS) is 10.9. The molecular weight excluding hydrogens is 500 g/mol. The highest BCUT2D eigenvalue weighted by Crippen LogP contribution is 2.13. The maximum absolute atomic E-state index is 12.7. The molecule has 4 aromatic rings. The molecule has 4 rings (SSSR count). The number of unbranched alkanes of at least 4 members (excludes halogenated alkanes) is 3. The summed E-state index contributed by atoms with van der Waals surface area (Å²) in [5.41, 5.74) is 3.23. The van der Waals surface area contributed by atoms with Crippen molar-refractivity contribution in [2.24, 2.45) is 0 Å². The number of carbonyl (C=O) groups excluding carboxylic acids is 2. The van der Waals surface area contributed by atoms with E-state index in [2.05, 4.69) is 0 Å². The van der Waals surface area contributed by atoms with Crippen molar-refractivity contribution in [3.63, 3.8) is 0 Å². The summed E-state index contributed by atoms with van der Waals surface area (Å²) in [5.74, 6) is -0.707. The third-order valence-corrected chi connectivity index (χ3v) is 6.41. The van der Waals surface area contributed by atoms with Crippen molar-refractivity contribution in [2.45, 2.75) is 38.8 Å². The van der Waals surface area contributed by atoms with Gasteiger partial charge in [-0.15, -0.1) is 10.1 Å². The second-order valence-corrected chi connectivity index (χ2v) is 9.60. The SMILES string of the molecule is O=C(ON(CCCCCCN(Cc1ccccc1)OC(=O)c1ccccc1)Cc1ccccc1)c1ccccc1. The van der Waals surface area contributed by atoms with Crippen LogP contribution in [0.3, 0.4) is 0 Å². The van der Waals surface area contributed by atoms with Gasteiger partial charge in [0.15, 0.2) is 0 Å². The number of hydrogen-bond donors (Lipinski definition) is 0. The second-order valence-electron chi connectivity index (χ2n) is 9.60. The molecule has 40 heavy (non-hydrogen) atoms. The minimum atomic E-state index is -0.353. The monoisotopic (exact) mass is 536 g/mol. The Kier molecular flexibility index (Phi) is 11.5. The molecule has 0 unspecified atom stereocenters. The molecule has 6 nitrogen and oxygen atoms in total. The van der Waals surface area contributed by atoms with E-state index in [1.54, 1.807) is 34.4 Å². The Bertz CT molecular complexity index is 1180. The van der Waals surface area contributed by atoms with Gasteiger partial charge in [-0.3, -0.25) is 0 Å². The van der Waals surface area contributed by atoms with Crippen LogP contribution >= 0.6 is 0 Å². The smallest absolute Gasteiger partial charge is 0.357 e. The molecule has 0 bridgehead atoms. The van der Waals surface area contributed by atoms with Gasteiger partial charge in [-0.1, -0.05) is 110 Å². The van der Waals surface area contributed by atoms with E-state index in [9.17, 15) is 9.59 Å². The van der Waals surface area contributed by atoms with Crippen LogP contribution in [0.2, 0.25) is 0 Å². The molecule has 0 fully saturated rings. The molecule has 0 atom stereocenters. The third kappa shape index (κ3) is 9.80. The largest absolute Gasteiger partial charge is 0.364 e. The minimum absolute atomic E-state index is 0.353. The molecule has 0 heterocycles. The lowest BCUT2D eigenvalue weighted by atomic mass is 10.1. The molecule has 0 N–H and O–H groups in total.